The number of methoxy groups -OCH3 is 1. The number of hydrogen-bond donors (Lipinski definition) is 1. The molecule has 0 aromatic rings. The molecule has 0 unspecified atom stereocenters. The third-order valence-electron chi connectivity index (χ3n) is 2.31. The monoisotopic (exact) mass is 209 g/mol. The number of amides is 1. The number of aliphatic hydroxyl groups excluding tert-OH is 1. The third-order valence-corrected chi connectivity index (χ3v) is 2.31. The lowest BCUT2D eigenvalue weighted by atomic mass is 10.0. The fourth-order valence-corrected chi connectivity index (χ4v) is 1.52. The molecule has 6 heteroatoms. The lowest BCUT2D eigenvalue weighted by molar-refractivity contribution is -0.174. The quantitative estimate of drug-likeness (QED) is 0.688. The van der Waals surface area contributed by atoms with E-state index in [1.807, 2.05) is 0 Å². The van der Waals surface area contributed by atoms with Crippen LogP contribution in [0.15, 0.2) is 0 Å². The van der Waals surface area contributed by atoms with Gasteiger partial charge in [0.15, 0.2) is 0 Å². The number of likely N-dealkylation sites (tertiary alicyclic amines) is 1. The third kappa shape index (κ3) is 2.19. The summed E-state index contributed by atoms with van der Waals surface area (Å²) in [5.74, 6) is -3.70. The number of carbonyl (C=O) groups is 1. The Morgan fingerprint density at radius 3 is 2.79 bits per heavy atom. The largest absolute Gasteiger partial charge is 0.387 e. The average Bonchev–Trinajstić information content (AvgIpc) is 2.15. The van der Waals surface area contributed by atoms with Crippen molar-refractivity contribution in [3.8, 4) is 0 Å². The fourth-order valence-electron chi connectivity index (χ4n) is 1.52. The summed E-state index contributed by atoms with van der Waals surface area (Å²) < 4.78 is 31.0. The van der Waals surface area contributed by atoms with Gasteiger partial charge in [-0.15, -0.1) is 0 Å². The number of ether oxygens (including phenoxy) is 1. The van der Waals surface area contributed by atoms with E-state index in [1.54, 1.807) is 0 Å². The molecular formula is C8H13F2NO3. The molecule has 0 aliphatic carbocycles. The maximum absolute atomic E-state index is 13.2. The Bertz CT molecular complexity index is 223. The first-order valence-electron chi connectivity index (χ1n) is 4.30. The molecule has 1 aliphatic heterocycles. The van der Waals surface area contributed by atoms with Crippen LogP contribution in [0.25, 0.3) is 0 Å². The summed E-state index contributed by atoms with van der Waals surface area (Å²) in [4.78, 5) is 11.9. The lowest BCUT2D eigenvalue weighted by Crippen LogP contribution is -2.54. The predicted molar refractivity (Wildman–Crippen MR) is 44.0 cm³/mol. The minimum atomic E-state index is -3.03. The Morgan fingerprint density at radius 1 is 1.71 bits per heavy atom. The van der Waals surface area contributed by atoms with Gasteiger partial charge in [0, 0.05) is 13.7 Å². The molecule has 1 saturated heterocycles. The van der Waals surface area contributed by atoms with Crippen LogP contribution in [0.4, 0.5) is 8.78 Å². The van der Waals surface area contributed by atoms with Crippen molar-refractivity contribution < 1.29 is 23.4 Å². The van der Waals surface area contributed by atoms with E-state index in [2.05, 4.69) is 4.74 Å². The summed E-state index contributed by atoms with van der Waals surface area (Å²) in [7, 11) is 1.22. The molecule has 0 spiro atoms. The molecule has 14 heavy (non-hydrogen) atoms. The van der Waals surface area contributed by atoms with Crippen molar-refractivity contribution in [2.45, 2.75) is 18.4 Å². The number of alkyl halides is 2. The summed E-state index contributed by atoms with van der Waals surface area (Å²) in [6.07, 6.45) is -1.04. The van der Waals surface area contributed by atoms with Crippen LogP contribution in [0.3, 0.4) is 0 Å². The van der Waals surface area contributed by atoms with Gasteiger partial charge in [-0.05, 0) is 6.42 Å². The average molecular weight is 209 g/mol. The molecule has 0 aromatic carbocycles. The molecule has 1 amide bonds. The van der Waals surface area contributed by atoms with Gasteiger partial charge < -0.3 is 14.7 Å². The van der Waals surface area contributed by atoms with Gasteiger partial charge >= 0.3 is 0 Å². The second kappa shape index (κ2) is 4.18. The summed E-state index contributed by atoms with van der Waals surface area (Å²) in [5, 5.41) is 8.51. The predicted octanol–water partition coefficient (Wildman–Crippen LogP) is -0.139. The zero-order chi connectivity index (χ0) is 10.8. The zero-order valence-electron chi connectivity index (χ0n) is 7.87. The van der Waals surface area contributed by atoms with Crippen molar-refractivity contribution >= 4 is 5.91 Å². The van der Waals surface area contributed by atoms with Gasteiger partial charge in [-0.2, -0.15) is 0 Å². The van der Waals surface area contributed by atoms with Crippen molar-refractivity contribution in [2.24, 2.45) is 0 Å². The molecule has 1 N–H and O–H groups in total. The zero-order valence-corrected chi connectivity index (χ0v) is 7.87. The van der Waals surface area contributed by atoms with E-state index >= 15 is 0 Å². The van der Waals surface area contributed by atoms with E-state index in [0.29, 0.717) is 0 Å². The van der Waals surface area contributed by atoms with Crippen LogP contribution in [-0.2, 0) is 9.53 Å². The Hall–Kier alpha value is -0.750. The van der Waals surface area contributed by atoms with E-state index in [0.717, 1.165) is 4.90 Å². The summed E-state index contributed by atoms with van der Waals surface area (Å²) >= 11 is 0. The molecule has 0 bridgehead atoms. The maximum atomic E-state index is 13.2. The Kier molecular flexibility index (Phi) is 3.38. The number of nitrogens with zero attached hydrogens (tertiary/aromatic N) is 1. The van der Waals surface area contributed by atoms with Crippen LogP contribution in [0.5, 0.6) is 0 Å². The number of piperidine rings is 1. The molecule has 1 heterocycles. The van der Waals surface area contributed by atoms with E-state index in [-0.39, 0.29) is 13.0 Å². The van der Waals surface area contributed by atoms with Crippen LogP contribution < -0.4 is 0 Å². The van der Waals surface area contributed by atoms with Gasteiger partial charge in [-0.3, -0.25) is 4.79 Å². The van der Waals surface area contributed by atoms with Gasteiger partial charge in [0.1, 0.15) is 12.7 Å². The van der Waals surface area contributed by atoms with Gasteiger partial charge in [-0.1, -0.05) is 0 Å². The highest BCUT2D eigenvalue weighted by Gasteiger charge is 2.45. The number of carbonyl (C=O) groups excluding carboxylic acids is 1. The van der Waals surface area contributed by atoms with Gasteiger partial charge in [-0.25, -0.2) is 8.78 Å². The topological polar surface area (TPSA) is 49.8 Å². The van der Waals surface area contributed by atoms with Crippen molar-refractivity contribution in [1.82, 2.24) is 4.90 Å². The van der Waals surface area contributed by atoms with E-state index in [1.165, 1.54) is 7.11 Å². The second-order valence-corrected chi connectivity index (χ2v) is 3.25. The smallest absolute Gasteiger partial charge is 0.290 e. The van der Waals surface area contributed by atoms with Crippen LogP contribution in [-0.4, -0.2) is 54.7 Å². The molecule has 0 saturated carbocycles. The van der Waals surface area contributed by atoms with E-state index in [9.17, 15) is 13.6 Å². The number of hydrogen-bond acceptors (Lipinski definition) is 3. The second-order valence-electron chi connectivity index (χ2n) is 3.25. The summed E-state index contributed by atoms with van der Waals surface area (Å²) in [6.45, 7) is -1.20. The van der Waals surface area contributed by atoms with E-state index < -0.39 is 31.1 Å². The van der Waals surface area contributed by atoms with Crippen LogP contribution >= 0.6 is 0 Å². The SMILES string of the molecule is CO[C@H]1CCN(C(=O)CO)CC1(F)F. The highest BCUT2D eigenvalue weighted by atomic mass is 19.3. The van der Waals surface area contributed by atoms with Crippen molar-refractivity contribution in [3.63, 3.8) is 0 Å². The summed E-state index contributed by atoms with van der Waals surface area (Å²) in [5.41, 5.74) is 0. The Balaban J connectivity index is 2.62. The molecule has 82 valence electrons. The molecule has 1 atom stereocenters. The first-order valence-corrected chi connectivity index (χ1v) is 4.30. The van der Waals surface area contributed by atoms with E-state index in [4.69, 9.17) is 5.11 Å². The minimum Gasteiger partial charge on any atom is -0.387 e. The van der Waals surface area contributed by atoms with Crippen molar-refractivity contribution in [1.29, 1.82) is 0 Å². The fraction of sp³-hybridized carbons (Fsp3) is 0.875. The Labute approximate surface area is 80.4 Å². The number of halogens is 2. The number of aliphatic hydroxyl groups is 1. The molecule has 1 fully saturated rings. The first-order chi connectivity index (χ1) is 6.51. The summed E-state index contributed by atoms with van der Waals surface area (Å²) in [6, 6.07) is 0. The molecule has 1 rings (SSSR count). The number of rotatable bonds is 2. The lowest BCUT2D eigenvalue weighted by Gasteiger charge is -2.37. The Morgan fingerprint density at radius 2 is 2.36 bits per heavy atom. The van der Waals surface area contributed by atoms with Gasteiger partial charge in [0.05, 0.1) is 6.54 Å². The molecule has 0 aromatic heterocycles. The molecule has 4 nitrogen and oxygen atoms in total. The van der Waals surface area contributed by atoms with Crippen LogP contribution in [0.2, 0.25) is 0 Å². The molecule has 1 aliphatic rings. The first kappa shape index (κ1) is 11.3. The van der Waals surface area contributed by atoms with Crippen molar-refractivity contribution in [2.75, 3.05) is 26.8 Å². The highest BCUT2D eigenvalue weighted by molar-refractivity contribution is 5.77. The minimum absolute atomic E-state index is 0.0925. The maximum Gasteiger partial charge on any atom is 0.290 e. The molecular weight excluding hydrogens is 196 g/mol. The normalized spacial score (nSPS) is 26.3. The van der Waals surface area contributed by atoms with Crippen LogP contribution in [0.1, 0.15) is 6.42 Å². The van der Waals surface area contributed by atoms with Gasteiger partial charge in [0.2, 0.25) is 5.91 Å². The highest BCUT2D eigenvalue weighted by Crippen LogP contribution is 2.29. The molecule has 0 radical (unpaired) electrons. The van der Waals surface area contributed by atoms with Gasteiger partial charge in [0.25, 0.3) is 5.92 Å². The van der Waals surface area contributed by atoms with Crippen LogP contribution in [0, 0.1) is 0 Å². The van der Waals surface area contributed by atoms with Crippen molar-refractivity contribution in [3.05, 3.63) is 0 Å². The standard InChI is InChI=1S/C8H13F2NO3/c1-14-6-2-3-11(7(13)4-12)5-8(6,9)10/h6,12H,2-5H2,1H3/t6-/m0/s1.